The number of rotatable bonds is 4. The molecule has 100 valence electrons. The van der Waals surface area contributed by atoms with Crippen LogP contribution in [0, 0.1) is 5.92 Å². The van der Waals surface area contributed by atoms with Gasteiger partial charge < -0.3 is 10.8 Å². The Morgan fingerprint density at radius 2 is 2.33 bits per heavy atom. The molecule has 1 unspecified atom stereocenters. The molecule has 1 aliphatic heterocycles. The fraction of sp³-hybridized carbons (Fsp3) is 0.500. The number of carboxylic acids is 1. The van der Waals surface area contributed by atoms with E-state index in [9.17, 15) is 13.2 Å². The van der Waals surface area contributed by atoms with E-state index in [4.69, 9.17) is 10.8 Å². The second-order valence-corrected chi connectivity index (χ2v) is 7.00. The number of carbonyl (C=O) groups is 1. The zero-order valence-electron chi connectivity index (χ0n) is 9.57. The molecule has 3 N–H and O–H groups in total. The van der Waals surface area contributed by atoms with E-state index in [0.29, 0.717) is 19.6 Å². The maximum atomic E-state index is 12.3. The molecule has 1 saturated heterocycles. The van der Waals surface area contributed by atoms with Crippen molar-refractivity contribution in [3.63, 3.8) is 0 Å². The van der Waals surface area contributed by atoms with Crippen molar-refractivity contribution in [1.29, 1.82) is 0 Å². The van der Waals surface area contributed by atoms with Gasteiger partial charge in [-0.2, -0.15) is 4.31 Å². The van der Waals surface area contributed by atoms with Crippen LogP contribution in [0.4, 0.5) is 0 Å². The molecule has 1 aliphatic rings. The quantitative estimate of drug-likeness (QED) is 0.836. The van der Waals surface area contributed by atoms with Gasteiger partial charge in [-0.3, -0.25) is 0 Å². The Balaban J connectivity index is 2.32. The maximum Gasteiger partial charge on any atom is 0.347 e. The van der Waals surface area contributed by atoms with Gasteiger partial charge in [0.05, 0.1) is 0 Å². The number of aromatic carboxylic acids is 1. The largest absolute Gasteiger partial charge is 0.477 e. The highest BCUT2D eigenvalue weighted by molar-refractivity contribution is 7.89. The average Bonchev–Trinajstić information content (AvgIpc) is 2.98. The molecule has 18 heavy (non-hydrogen) atoms. The zero-order valence-corrected chi connectivity index (χ0v) is 11.2. The van der Waals surface area contributed by atoms with Crippen molar-refractivity contribution < 1.29 is 18.3 Å². The van der Waals surface area contributed by atoms with Crippen LogP contribution in [0.5, 0.6) is 0 Å². The molecule has 0 saturated carbocycles. The molecule has 6 nitrogen and oxygen atoms in total. The minimum absolute atomic E-state index is 0.113. The summed E-state index contributed by atoms with van der Waals surface area (Å²) in [5.41, 5.74) is 5.52. The summed E-state index contributed by atoms with van der Waals surface area (Å²) in [6.45, 7) is 1.22. The highest BCUT2D eigenvalue weighted by Crippen LogP contribution is 2.28. The highest BCUT2D eigenvalue weighted by Gasteiger charge is 2.34. The third kappa shape index (κ3) is 2.28. The number of carboxylic acid groups (broad SMARTS) is 1. The SMILES string of the molecule is NCC1CCN(S(=O)(=O)c2ccsc2C(=O)O)C1. The summed E-state index contributed by atoms with van der Waals surface area (Å²) in [4.78, 5) is 10.7. The number of hydrogen-bond acceptors (Lipinski definition) is 5. The minimum Gasteiger partial charge on any atom is -0.477 e. The van der Waals surface area contributed by atoms with E-state index >= 15 is 0 Å². The third-order valence-corrected chi connectivity index (χ3v) is 5.96. The third-order valence-electron chi connectivity index (χ3n) is 3.02. The molecule has 1 aromatic rings. The Morgan fingerprint density at radius 3 is 2.89 bits per heavy atom. The molecule has 0 bridgehead atoms. The van der Waals surface area contributed by atoms with Crippen molar-refractivity contribution in [2.45, 2.75) is 11.3 Å². The Kier molecular flexibility index (Phi) is 3.71. The Bertz CT molecular complexity index is 552. The molecule has 0 aromatic carbocycles. The molecule has 1 fully saturated rings. The summed E-state index contributed by atoms with van der Waals surface area (Å²) in [6, 6.07) is 1.35. The predicted octanol–water partition coefficient (Wildman–Crippen LogP) is 0.416. The lowest BCUT2D eigenvalue weighted by molar-refractivity contribution is 0.0698. The fourth-order valence-corrected chi connectivity index (χ4v) is 4.77. The first kappa shape index (κ1) is 13.5. The van der Waals surface area contributed by atoms with E-state index < -0.39 is 16.0 Å². The second kappa shape index (κ2) is 4.96. The summed E-state index contributed by atoms with van der Waals surface area (Å²) < 4.78 is 25.9. The molecule has 0 radical (unpaired) electrons. The molecule has 0 amide bonds. The van der Waals surface area contributed by atoms with Gasteiger partial charge in [0.1, 0.15) is 9.77 Å². The van der Waals surface area contributed by atoms with Crippen LogP contribution in [0.2, 0.25) is 0 Å². The summed E-state index contributed by atoms with van der Waals surface area (Å²) in [6.07, 6.45) is 0.724. The van der Waals surface area contributed by atoms with Crippen LogP contribution in [0.3, 0.4) is 0 Å². The molecular weight excluding hydrogens is 276 g/mol. The van der Waals surface area contributed by atoms with Gasteiger partial charge in [0.25, 0.3) is 0 Å². The molecule has 0 spiro atoms. The fourth-order valence-electron chi connectivity index (χ4n) is 2.00. The highest BCUT2D eigenvalue weighted by atomic mass is 32.2. The smallest absolute Gasteiger partial charge is 0.347 e. The van der Waals surface area contributed by atoms with Crippen molar-refractivity contribution in [3.8, 4) is 0 Å². The number of thiophene rings is 1. The molecule has 2 rings (SSSR count). The first-order valence-corrected chi connectivity index (χ1v) is 7.79. The standard InChI is InChI=1S/C10H14N2O4S2/c11-5-7-1-3-12(6-7)18(15,16)8-2-4-17-9(8)10(13)14/h2,4,7H,1,3,5-6,11H2,(H,13,14). The van der Waals surface area contributed by atoms with Crippen LogP contribution < -0.4 is 5.73 Å². The van der Waals surface area contributed by atoms with Crippen LogP contribution >= 0.6 is 11.3 Å². The zero-order chi connectivity index (χ0) is 13.3. The van der Waals surface area contributed by atoms with E-state index in [0.717, 1.165) is 17.8 Å². The van der Waals surface area contributed by atoms with Crippen LogP contribution in [0.25, 0.3) is 0 Å². The van der Waals surface area contributed by atoms with Gasteiger partial charge in [0.2, 0.25) is 10.0 Å². The van der Waals surface area contributed by atoms with Crippen molar-refractivity contribution >= 4 is 27.3 Å². The minimum atomic E-state index is -3.71. The van der Waals surface area contributed by atoms with Crippen LogP contribution in [-0.2, 0) is 10.0 Å². The maximum absolute atomic E-state index is 12.3. The lowest BCUT2D eigenvalue weighted by Gasteiger charge is -2.15. The summed E-state index contributed by atoms with van der Waals surface area (Å²) in [5, 5.41) is 10.4. The average molecular weight is 290 g/mol. The van der Waals surface area contributed by atoms with E-state index in [1.165, 1.54) is 15.8 Å². The molecule has 8 heteroatoms. The van der Waals surface area contributed by atoms with Gasteiger partial charge in [-0.25, -0.2) is 13.2 Å². The van der Waals surface area contributed by atoms with Gasteiger partial charge in [-0.15, -0.1) is 11.3 Å². The number of nitrogens with two attached hydrogens (primary N) is 1. The number of nitrogens with zero attached hydrogens (tertiary/aromatic N) is 1. The van der Waals surface area contributed by atoms with E-state index in [1.807, 2.05) is 0 Å². The summed E-state index contributed by atoms with van der Waals surface area (Å²) in [7, 11) is -3.71. The molecule has 1 atom stereocenters. The van der Waals surface area contributed by atoms with Crippen LogP contribution in [0.15, 0.2) is 16.3 Å². The van der Waals surface area contributed by atoms with Gasteiger partial charge in [-0.05, 0) is 30.3 Å². The Hall–Kier alpha value is -0.960. The predicted molar refractivity (Wildman–Crippen MR) is 67.2 cm³/mol. The van der Waals surface area contributed by atoms with Crippen molar-refractivity contribution in [3.05, 3.63) is 16.3 Å². The first-order valence-electron chi connectivity index (χ1n) is 5.48. The normalized spacial score (nSPS) is 21.3. The molecule has 1 aromatic heterocycles. The van der Waals surface area contributed by atoms with Crippen molar-refractivity contribution in [2.24, 2.45) is 11.7 Å². The lowest BCUT2D eigenvalue weighted by Crippen LogP contribution is -2.30. The Labute approximate surface area is 109 Å². The second-order valence-electron chi connectivity index (χ2n) is 4.17. The molecule has 0 aliphatic carbocycles. The topological polar surface area (TPSA) is 101 Å². The van der Waals surface area contributed by atoms with Crippen LogP contribution in [0.1, 0.15) is 16.1 Å². The van der Waals surface area contributed by atoms with Crippen molar-refractivity contribution in [1.82, 2.24) is 4.31 Å². The number of sulfonamides is 1. The van der Waals surface area contributed by atoms with Gasteiger partial charge in [0, 0.05) is 13.1 Å². The molecular formula is C10H14N2O4S2. The van der Waals surface area contributed by atoms with E-state index in [-0.39, 0.29) is 15.7 Å². The first-order chi connectivity index (χ1) is 8.46. The lowest BCUT2D eigenvalue weighted by atomic mass is 10.1. The van der Waals surface area contributed by atoms with E-state index in [1.54, 1.807) is 0 Å². The monoisotopic (exact) mass is 290 g/mol. The van der Waals surface area contributed by atoms with Crippen LogP contribution in [-0.4, -0.2) is 43.4 Å². The number of hydrogen-bond donors (Lipinski definition) is 2. The van der Waals surface area contributed by atoms with E-state index in [2.05, 4.69) is 0 Å². The van der Waals surface area contributed by atoms with Crippen molar-refractivity contribution in [2.75, 3.05) is 19.6 Å². The van der Waals surface area contributed by atoms with Gasteiger partial charge >= 0.3 is 5.97 Å². The summed E-state index contributed by atoms with van der Waals surface area (Å²) in [5.74, 6) is -1.05. The summed E-state index contributed by atoms with van der Waals surface area (Å²) >= 11 is 0.920. The van der Waals surface area contributed by atoms with Gasteiger partial charge in [-0.1, -0.05) is 0 Å². The molecule has 2 heterocycles. The van der Waals surface area contributed by atoms with Gasteiger partial charge in [0.15, 0.2) is 0 Å². The Morgan fingerprint density at radius 1 is 1.61 bits per heavy atom.